The van der Waals surface area contributed by atoms with Crippen LogP contribution in [0.25, 0.3) is 0 Å². The first-order valence-corrected chi connectivity index (χ1v) is 22.9. The zero-order valence-electron chi connectivity index (χ0n) is 35.3. The number of hydrogen-bond acceptors (Lipinski definition) is 7. The first kappa shape index (κ1) is 47.7. The third-order valence-electron chi connectivity index (χ3n) is 11.7. The summed E-state index contributed by atoms with van der Waals surface area (Å²) >= 11 is 0. The first-order chi connectivity index (χ1) is 26.0. The van der Waals surface area contributed by atoms with E-state index in [0.29, 0.717) is 19.6 Å². The summed E-state index contributed by atoms with van der Waals surface area (Å²) in [5.41, 5.74) is 0. The number of nitrogens with zero attached hydrogens (tertiary/aromatic N) is 1. The van der Waals surface area contributed by atoms with E-state index < -0.39 is 0 Å². The van der Waals surface area contributed by atoms with Crippen molar-refractivity contribution in [1.29, 1.82) is 0 Å². The third kappa shape index (κ3) is 23.9. The normalized spacial score (nSPS) is 20.3. The summed E-state index contributed by atoms with van der Waals surface area (Å²) < 4.78 is 24.4. The van der Waals surface area contributed by atoms with Crippen molar-refractivity contribution in [3.8, 4) is 0 Å². The van der Waals surface area contributed by atoms with E-state index >= 15 is 0 Å². The van der Waals surface area contributed by atoms with Crippen LogP contribution in [0.1, 0.15) is 194 Å². The van der Waals surface area contributed by atoms with Crippen LogP contribution in [-0.4, -0.2) is 75.6 Å². The monoisotopic (exact) mass is 748 g/mol. The van der Waals surface area contributed by atoms with Crippen LogP contribution >= 0.6 is 0 Å². The molecule has 0 aromatic rings. The number of carbonyl (C=O) groups excluding carboxylic acids is 2. The Morgan fingerprint density at radius 2 is 1.21 bits per heavy atom. The Kier molecular flexibility index (Phi) is 29.5. The molecular formula is C46H85NO6. The van der Waals surface area contributed by atoms with Crippen molar-refractivity contribution in [2.75, 3.05) is 46.6 Å². The average Bonchev–Trinajstić information content (AvgIpc) is 3.52. The second-order valence-electron chi connectivity index (χ2n) is 16.5. The predicted octanol–water partition coefficient (Wildman–Crippen LogP) is 11.8. The highest BCUT2D eigenvalue weighted by atomic mass is 16.6. The average molecular weight is 748 g/mol. The van der Waals surface area contributed by atoms with Gasteiger partial charge >= 0.3 is 11.9 Å². The van der Waals surface area contributed by atoms with Crippen molar-refractivity contribution in [1.82, 2.24) is 4.90 Å². The molecule has 310 valence electrons. The molecule has 7 nitrogen and oxygen atoms in total. The topological polar surface area (TPSA) is 74.3 Å². The molecule has 0 aromatic heterocycles. The van der Waals surface area contributed by atoms with E-state index in [2.05, 4.69) is 44.9 Å². The van der Waals surface area contributed by atoms with Crippen LogP contribution in [0.2, 0.25) is 0 Å². The van der Waals surface area contributed by atoms with E-state index in [1.165, 1.54) is 116 Å². The van der Waals surface area contributed by atoms with Gasteiger partial charge in [0.1, 0.15) is 18.8 Å². The molecule has 2 aliphatic rings. The molecule has 7 heteroatoms. The standard InChI is InChI=1S/C46H85NO6/c1-5-8-11-13-15-17-19-21-23-26-35-50-38-42(51-36-27-24-22-20-18-16-14-12-9-6-2)39-52-45(48)37-41-29-30-44(43(41)28-25-10-7-3)53-46(49)40-31-33-47(4)34-32-40/h10,25,40-44H,5-9,11-24,26-39H2,1-4H3/b25-10-. The van der Waals surface area contributed by atoms with Crippen LogP contribution in [0.15, 0.2) is 12.2 Å². The second-order valence-corrected chi connectivity index (χ2v) is 16.5. The van der Waals surface area contributed by atoms with Gasteiger partial charge in [-0.2, -0.15) is 0 Å². The Morgan fingerprint density at radius 3 is 1.77 bits per heavy atom. The highest BCUT2D eigenvalue weighted by Gasteiger charge is 2.40. The van der Waals surface area contributed by atoms with E-state index in [-0.39, 0.29) is 48.5 Å². The number of carbonyl (C=O) groups is 2. The van der Waals surface area contributed by atoms with Gasteiger partial charge in [-0.05, 0) is 77.4 Å². The predicted molar refractivity (Wildman–Crippen MR) is 220 cm³/mol. The molecule has 1 aliphatic carbocycles. The van der Waals surface area contributed by atoms with Crippen LogP contribution in [0.3, 0.4) is 0 Å². The Bertz CT molecular complexity index is 902. The zero-order valence-corrected chi connectivity index (χ0v) is 35.3. The van der Waals surface area contributed by atoms with Crippen LogP contribution in [0, 0.1) is 17.8 Å². The molecule has 1 saturated heterocycles. The lowest BCUT2D eigenvalue weighted by atomic mass is 9.88. The van der Waals surface area contributed by atoms with E-state index in [9.17, 15) is 9.59 Å². The number of hydrogen-bond donors (Lipinski definition) is 0. The number of unbranched alkanes of at least 4 members (excludes halogenated alkanes) is 18. The fourth-order valence-corrected chi connectivity index (χ4v) is 8.11. The molecule has 0 bridgehead atoms. The fraction of sp³-hybridized carbons (Fsp3) is 0.913. The summed E-state index contributed by atoms with van der Waals surface area (Å²) in [5.74, 6) is 0.0675. The summed E-state index contributed by atoms with van der Waals surface area (Å²) in [6.45, 7) is 10.7. The number of allylic oxidation sites excluding steroid dienone is 2. The molecule has 1 aliphatic heterocycles. The SMILES string of the molecule is CC/C=C\CC1C(CC(=O)OCC(COCCCCCCCCCCCC)OCCCCCCCCCCCC)CCC1OC(=O)C1CCN(C)CC1. The maximum Gasteiger partial charge on any atom is 0.309 e. The van der Waals surface area contributed by atoms with Gasteiger partial charge in [0, 0.05) is 25.6 Å². The number of likely N-dealkylation sites (tertiary alicyclic amines) is 1. The fourth-order valence-electron chi connectivity index (χ4n) is 8.11. The molecule has 53 heavy (non-hydrogen) atoms. The Hall–Kier alpha value is -1.44. The lowest BCUT2D eigenvalue weighted by molar-refractivity contribution is -0.158. The Balaban J connectivity index is 1.77. The molecule has 2 rings (SSSR count). The van der Waals surface area contributed by atoms with E-state index in [4.69, 9.17) is 18.9 Å². The largest absolute Gasteiger partial charge is 0.463 e. The molecule has 4 unspecified atom stereocenters. The molecule has 0 radical (unpaired) electrons. The van der Waals surface area contributed by atoms with Crippen molar-refractivity contribution in [2.45, 2.75) is 206 Å². The molecule has 1 saturated carbocycles. The van der Waals surface area contributed by atoms with Crippen molar-refractivity contribution in [2.24, 2.45) is 17.8 Å². The minimum Gasteiger partial charge on any atom is -0.463 e. The van der Waals surface area contributed by atoms with E-state index in [1.54, 1.807) is 0 Å². The lowest BCUT2D eigenvalue weighted by Gasteiger charge is -2.30. The van der Waals surface area contributed by atoms with Gasteiger partial charge in [-0.25, -0.2) is 0 Å². The molecule has 4 atom stereocenters. The maximum atomic E-state index is 13.3. The van der Waals surface area contributed by atoms with Gasteiger partial charge in [0.15, 0.2) is 0 Å². The lowest BCUT2D eigenvalue weighted by Crippen LogP contribution is -2.36. The Labute approximate surface area is 327 Å². The minimum atomic E-state index is -0.240. The van der Waals surface area contributed by atoms with Crippen molar-refractivity contribution < 1.29 is 28.5 Å². The molecule has 1 heterocycles. The number of esters is 2. The molecule has 0 N–H and O–H groups in total. The van der Waals surface area contributed by atoms with Crippen molar-refractivity contribution in [3.63, 3.8) is 0 Å². The van der Waals surface area contributed by atoms with Crippen molar-refractivity contribution in [3.05, 3.63) is 12.2 Å². The van der Waals surface area contributed by atoms with Gasteiger partial charge in [-0.15, -0.1) is 0 Å². The van der Waals surface area contributed by atoms with Gasteiger partial charge in [0.05, 0.1) is 12.5 Å². The second kappa shape index (κ2) is 32.8. The van der Waals surface area contributed by atoms with Gasteiger partial charge in [-0.3, -0.25) is 9.59 Å². The minimum absolute atomic E-state index is 0.00775. The summed E-state index contributed by atoms with van der Waals surface area (Å²) in [7, 11) is 2.11. The molecule has 2 fully saturated rings. The Morgan fingerprint density at radius 1 is 0.660 bits per heavy atom. The highest BCUT2D eigenvalue weighted by Crippen LogP contribution is 2.40. The number of rotatable bonds is 34. The first-order valence-electron chi connectivity index (χ1n) is 22.9. The molecule has 0 aromatic carbocycles. The van der Waals surface area contributed by atoms with Gasteiger partial charge in [-0.1, -0.05) is 148 Å². The summed E-state index contributed by atoms with van der Waals surface area (Å²) in [6, 6.07) is 0. The van der Waals surface area contributed by atoms with Crippen LogP contribution in [0.4, 0.5) is 0 Å². The molecule has 0 spiro atoms. The van der Waals surface area contributed by atoms with Crippen molar-refractivity contribution >= 4 is 11.9 Å². The smallest absolute Gasteiger partial charge is 0.309 e. The van der Waals surface area contributed by atoms with Crippen LogP contribution < -0.4 is 0 Å². The molecule has 0 amide bonds. The summed E-state index contributed by atoms with van der Waals surface area (Å²) in [6.07, 6.45) is 35.6. The number of piperidine rings is 1. The summed E-state index contributed by atoms with van der Waals surface area (Å²) in [4.78, 5) is 28.7. The van der Waals surface area contributed by atoms with Gasteiger partial charge < -0.3 is 23.8 Å². The zero-order chi connectivity index (χ0) is 38.2. The van der Waals surface area contributed by atoms with Crippen LogP contribution in [-0.2, 0) is 28.5 Å². The van der Waals surface area contributed by atoms with E-state index in [0.717, 1.165) is 71.1 Å². The number of ether oxygens (including phenoxy) is 4. The van der Waals surface area contributed by atoms with Crippen LogP contribution in [0.5, 0.6) is 0 Å². The maximum absolute atomic E-state index is 13.3. The molecular weight excluding hydrogens is 663 g/mol. The quantitative estimate of drug-likeness (QED) is 0.0368. The summed E-state index contributed by atoms with van der Waals surface area (Å²) in [5, 5.41) is 0. The third-order valence-corrected chi connectivity index (χ3v) is 11.7. The van der Waals surface area contributed by atoms with E-state index in [1.807, 2.05) is 0 Å². The van der Waals surface area contributed by atoms with Gasteiger partial charge in [0.2, 0.25) is 0 Å². The van der Waals surface area contributed by atoms with Gasteiger partial charge in [0.25, 0.3) is 0 Å². The highest BCUT2D eigenvalue weighted by molar-refractivity contribution is 5.73.